The van der Waals surface area contributed by atoms with E-state index in [1.807, 2.05) is 0 Å². The highest BCUT2D eigenvalue weighted by Crippen LogP contribution is 2.27. The highest BCUT2D eigenvalue weighted by atomic mass is 35.5. The van der Waals surface area contributed by atoms with Crippen molar-refractivity contribution < 1.29 is 22.0 Å². The number of hydrogen-bond donors (Lipinski definition) is 2. The molecule has 2 N–H and O–H groups in total. The minimum absolute atomic E-state index is 0. The van der Waals surface area contributed by atoms with Gasteiger partial charge in [0.25, 0.3) is 5.91 Å². The average molecular weight is 431 g/mol. The Balaban J connectivity index is 0.00000280. The Morgan fingerprint density at radius 2 is 1.89 bits per heavy atom. The Labute approximate surface area is 168 Å². The van der Waals surface area contributed by atoms with Crippen molar-refractivity contribution in [2.24, 2.45) is 0 Å². The number of halogens is 3. The van der Waals surface area contributed by atoms with Crippen LogP contribution in [0.15, 0.2) is 47.4 Å². The van der Waals surface area contributed by atoms with Crippen LogP contribution in [0.4, 0.5) is 8.78 Å². The Bertz CT molecular complexity index is 969. The molecule has 28 heavy (non-hydrogen) atoms. The summed E-state index contributed by atoms with van der Waals surface area (Å²) in [5.74, 6) is -2.42. The molecule has 0 bridgehead atoms. The predicted molar refractivity (Wildman–Crippen MR) is 105 cm³/mol. The van der Waals surface area contributed by atoms with Crippen molar-refractivity contribution in [3.8, 4) is 0 Å². The Morgan fingerprint density at radius 3 is 2.57 bits per heavy atom. The van der Waals surface area contributed by atoms with Crippen LogP contribution in [-0.4, -0.2) is 39.7 Å². The number of benzene rings is 2. The highest BCUT2D eigenvalue weighted by molar-refractivity contribution is 7.90. The van der Waals surface area contributed by atoms with Crippen LogP contribution in [0.2, 0.25) is 0 Å². The second-order valence-electron chi connectivity index (χ2n) is 6.65. The van der Waals surface area contributed by atoms with E-state index in [2.05, 4.69) is 10.6 Å². The van der Waals surface area contributed by atoms with Gasteiger partial charge in [-0.15, -0.1) is 12.4 Å². The number of carbonyl (C=O) groups excluding carboxylic acids is 1. The Hall–Kier alpha value is -2.03. The lowest BCUT2D eigenvalue weighted by molar-refractivity contribution is 0.0924. The predicted octanol–water partition coefficient (Wildman–Crippen LogP) is 2.67. The molecule has 0 radical (unpaired) electrons. The van der Waals surface area contributed by atoms with E-state index >= 15 is 0 Å². The van der Waals surface area contributed by atoms with Crippen molar-refractivity contribution in [1.82, 2.24) is 10.6 Å². The molecular weight excluding hydrogens is 410 g/mol. The Kier molecular flexibility index (Phi) is 7.14. The quantitative estimate of drug-likeness (QED) is 0.782. The number of piperidine rings is 1. The molecule has 9 heteroatoms. The molecule has 1 aliphatic rings. The van der Waals surface area contributed by atoms with Crippen molar-refractivity contribution in [1.29, 1.82) is 0 Å². The first-order chi connectivity index (χ1) is 12.8. The summed E-state index contributed by atoms with van der Waals surface area (Å²) in [6.45, 7) is 1.17. The van der Waals surface area contributed by atoms with Gasteiger partial charge in [0.2, 0.25) is 0 Å². The van der Waals surface area contributed by atoms with Crippen molar-refractivity contribution >= 4 is 28.2 Å². The fraction of sp³-hybridized carbons (Fsp3) is 0.316. The van der Waals surface area contributed by atoms with Gasteiger partial charge >= 0.3 is 0 Å². The van der Waals surface area contributed by atoms with Crippen LogP contribution >= 0.6 is 12.4 Å². The molecule has 0 aliphatic carbocycles. The number of nitrogens with one attached hydrogen (secondary N) is 2. The molecule has 0 saturated carbocycles. The summed E-state index contributed by atoms with van der Waals surface area (Å²) in [4.78, 5) is 12.7. The van der Waals surface area contributed by atoms with Crippen LogP contribution < -0.4 is 10.6 Å². The number of carbonyl (C=O) groups is 1. The fourth-order valence-corrected chi connectivity index (χ4v) is 3.94. The lowest BCUT2D eigenvalue weighted by Crippen LogP contribution is -2.50. The lowest BCUT2D eigenvalue weighted by atomic mass is 9.85. The molecule has 2 atom stereocenters. The summed E-state index contributed by atoms with van der Waals surface area (Å²) in [6, 6.07) is 9.24. The van der Waals surface area contributed by atoms with E-state index in [0.29, 0.717) is 25.1 Å². The van der Waals surface area contributed by atoms with Gasteiger partial charge in [-0.05, 0) is 48.9 Å². The standard InChI is InChI=1S/C19H20F2N2O3S.ClH/c1-27(25,26)14-4-2-3-13(9-14)19(24)23-18-11-22-8-7-15(18)12-5-6-16(20)17(21)10-12;/h2-6,9-10,15,18,22H,7-8,11H2,1H3,(H,23,24);1H. The number of hydrogen-bond acceptors (Lipinski definition) is 4. The van der Waals surface area contributed by atoms with E-state index in [-0.39, 0.29) is 34.8 Å². The monoisotopic (exact) mass is 430 g/mol. The number of amides is 1. The maximum Gasteiger partial charge on any atom is 0.251 e. The van der Waals surface area contributed by atoms with Crippen LogP contribution in [0.25, 0.3) is 0 Å². The second-order valence-corrected chi connectivity index (χ2v) is 8.67. The largest absolute Gasteiger partial charge is 0.347 e. The normalized spacial score (nSPS) is 19.5. The number of sulfone groups is 1. The van der Waals surface area contributed by atoms with Crippen LogP contribution in [0.5, 0.6) is 0 Å². The summed E-state index contributed by atoms with van der Waals surface area (Å²) in [5, 5.41) is 6.06. The summed E-state index contributed by atoms with van der Waals surface area (Å²) in [6.07, 6.45) is 1.73. The van der Waals surface area contributed by atoms with Crippen LogP contribution in [0, 0.1) is 11.6 Å². The van der Waals surface area contributed by atoms with E-state index in [0.717, 1.165) is 18.4 Å². The molecule has 1 aliphatic heterocycles. The second kappa shape index (κ2) is 8.98. The zero-order chi connectivity index (χ0) is 19.6. The van der Waals surface area contributed by atoms with Crippen LogP contribution in [-0.2, 0) is 9.84 Å². The van der Waals surface area contributed by atoms with Crippen LogP contribution in [0.1, 0.15) is 28.3 Å². The summed E-state index contributed by atoms with van der Waals surface area (Å²) < 4.78 is 50.2. The van der Waals surface area contributed by atoms with Gasteiger partial charge in [-0.2, -0.15) is 0 Å². The van der Waals surface area contributed by atoms with Gasteiger partial charge in [0.15, 0.2) is 21.5 Å². The number of rotatable bonds is 4. The topological polar surface area (TPSA) is 75.3 Å². The molecule has 1 heterocycles. The van der Waals surface area contributed by atoms with Crippen molar-refractivity contribution in [3.63, 3.8) is 0 Å². The smallest absolute Gasteiger partial charge is 0.251 e. The van der Waals surface area contributed by atoms with E-state index in [1.165, 1.54) is 30.3 Å². The first-order valence-corrected chi connectivity index (χ1v) is 10.4. The molecule has 2 aromatic rings. The van der Waals surface area contributed by atoms with Gasteiger partial charge in [-0.1, -0.05) is 12.1 Å². The third-order valence-corrected chi connectivity index (χ3v) is 5.80. The molecule has 0 aromatic heterocycles. The van der Waals surface area contributed by atoms with E-state index in [4.69, 9.17) is 0 Å². The van der Waals surface area contributed by atoms with Crippen LogP contribution in [0.3, 0.4) is 0 Å². The molecule has 1 fully saturated rings. The van der Waals surface area contributed by atoms with E-state index in [9.17, 15) is 22.0 Å². The summed E-state index contributed by atoms with van der Waals surface area (Å²) >= 11 is 0. The van der Waals surface area contributed by atoms with Crippen molar-refractivity contribution in [2.75, 3.05) is 19.3 Å². The van der Waals surface area contributed by atoms with Gasteiger partial charge in [-0.25, -0.2) is 17.2 Å². The summed E-state index contributed by atoms with van der Waals surface area (Å²) in [5.41, 5.74) is 0.845. The molecule has 0 spiro atoms. The first kappa shape index (κ1) is 22.3. The molecule has 1 saturated heterocycles. The van der Waals surface area contributed by atoms with Gasteiger partial charge in [0.05, 0.1) is 4.90 Å². The SMILES string of the molecule is CS(=O)(=O)c1cccc(C(=O)NC2CNCCC2c2ccc(F)c(F)c2)c1.Cl. The van der Waals surface area contributed by atoms with Gasteiger partial charge in [0, 0.05) is 30.3 Å². The van der Waals surface area contributed by atoms with E-state index < -0.39 is 27.4 Å². The van der Waals surface area contributed by atoms with Crippen molar-refractivity contribution in [2.45, 2.75) is 23.3 Å². The Morgan fingerprint density at radius 1 is 1.14 bits per heavy atom. The minimum Gasteiger partial charge on any atom is -0.347 e. The maximum absolute atomic E-state index is 13.6. The highest BCUT2D eigenvalue weighted by Gasteiger charge is 2.28. The third kappa shape index (κ3) is 5.06. The van der Waals surface area contributed by atoms with Crippen molar-refractivity contribution in [3.05, 3.63) is 65.2 Å². The third-order valence-electron chi connectivity index (χ3n) is 4.69. The van der Waals surface area contributed by atoms with Gasteiger partial charge < -0.3 is 10.6 Å². The molecule has 5 nitrogen and oxygen atoms in total. The minimum atomic E-state index is -3.42. The fourth-order valence-electron chi connectivity index (χ4n) is 3.27. The molecule has 152 valence electrons. The molecule has 2 aromatic carbocycles. The molecular formula is C19H21ClF2N2O3S. The zero-order valence-corrected chi connectivity index (χ0v) is 16.7. The van der Waals surface area contributed by atoms with Gasteiger partial charge in [-0.3, -0.25) is 4.79 Å². The lowest BCUT2D eigenvalue weighted by Gasteiger charge is -2.33. The molecule has 1 amide bonds. The molecule has 3 rings (SSSR count). The molecule has 2 unspecified atom stereocenters. The zero-order valence-electron chi connectivity index (χ0n) is 15.1. The maximum atomic E-state index is 13.6. The first-order valence-electron chi connectivity index (χ1n) is 8.52. The summed E-state index contributed by atoms with van der Waals surface area (Å²) in [7, 11) is -3.42. The van der Waals surface area contributed by atoms with Gasteiger partial charge in [0.1, 0.15) is 0 Å². The van der Waals surface area contributed by atoms with E-state index in [1.54, 1.807) is 0 Å². The average Bonchev–Trinajstić information content (AvgIpc) is 2.64.